The molecule has 1 aromatic carbocycles. The van der Waals surface area contributed by atoms with Crippen molar-refractivity contribution in [3.8, 4) is 0 Å². The van der Waals surface area contributed by atoms with Gasteiger partial charge in [0.25, 0.3) is 5.91 Å². The summed E-state index contributed by atoms with van der Waals surface area (Å²) in [7, 11) is 0. The summed E-state index contributed by atoms with van der Waals surface area (Å²) < 4.78 is 0.930. The van der Waals surface area contributed by atoms with Gasteiger partial charge in [0.15, 0.2) is 0 Å². The first kappa shape index (κ1) is 17.0. The fraction of sp³-hybridized carbons (Fsp3) is 0.368. The summed E-state index contributed by atoms with van der Waals surface area (Å²) >= 11 is 3.40. The van der Waals surface area contributed by atoms with Crippen LogP contribution in [0.4, 0.5) is 11.4 Å². The number of hydrogen-bond acceptors (Lipinski definition) is 3. The number of carbonyl (C=O) groups excluding carboxylic acids is 1. The van der Waals surface area contributed by atoms with E-state index in [4.69, 9.17) is 0 Å². The van der Waals surface area contributed by atoms with Gasteiger partial charge >= 0.3 is 0 Å². The smallest absolute Gasteiger partial charge is 0.274 e. The molecule has 1 amide bonds. The predicted octanol–water partition coefficient (Wildman–Crippen LogP) is 4.87. The molecule has 1 aliphatic rings. The topological polar surface area (TPSA) is 45.2 Å². The highest BCUT2D eigenvalue weighted by Gasteiger charge is 2.21. The van der Waals surface area contributed by atoms with Gasteiger partial charge in [-0.15, -0.1) is 0 Å². The molecule has 126 valence electrons. The Morgan fingerprint density at radius 3 is 2.92 bits per heavy atom. The Morgan fingerprint density at radius 2 is 2.21 bits per heavy atom. The second-order valence-corrected chi connectivity index (χ2v) is 7.03. The van der Waals surface area contributed by atoms with E-state index < -0.39 is 0 Å². The maximum absolute atomic E-state index is 12.3. The third kappa shape index (κ3) is 3.96. The molecule has 4 nitrogen and oxygen atoms in total. The molecule has 2 heterocycles. The maximum atomic E-state index is 12.3. The molecule has 1 N–H and O–H groups in total. The van der Waals surface area contributed by atoms with Crippen molar-refractivity contribution in [3.63, 3.8) is 0 Å². The van der Waals surface area contributed by atoms with E-state index in [0.29, 0.717) is 11.7 Å². The Hall–Kier alpha value is -1.88. The largest absolute Gasteiger partial charge is 0.367 e. The van der Waals surface area contributed by atoms with Crippen molar-refractivity contribution in [2.45, 2.75) is 38.6 Å². The van der Waals surface area contributed by atoms with Crippen molar-refractivity contribution < 1.29 is 4.79 Å². The minimum absolute atomic E-state index is 0.190. The van der Waals surface area contributed by atoms with Crippen LogP contribution < -0.4 is 10.2 Å². The molecule has 0 saturated carbocycles. The number of rotatable bonds is 4. The number of hydrogen-bond donors (Lipinski definition) is 1. The van der Waals surface area contributed by atoms with Crippen LogP contribution in [0.15, 0.2) is 47.1 Å². The van der Waals surface area contributed by atoms with Crippen LogP contribution in [0.2, 0.25) is 0 Å². The van der Waals surface area contributed by atoms with E-state index >= 15 is 0 Å². The fourth-order valence-corrected chi connectivity index (χ4v) is 3.62. The number of aromatic nitrogens is 1. The standard InChI is InChI=1S/C19H22BrN3O/c1-2-16-8-3-4-11-23(16)17-9-10-18(21-13-17)19(24)22-15-7-5-6-14(20)12-15/h5-7,9-10,12-13,16H,2-4,8,11H2,1H3,(H,22,24). The van der Waals surface area contributed by atoms with Gasteiger partial charge in [0.05, 0.1) is 11.9 Å². The Morgan fingerprint density at radius 1 is 1.33 bits per heavy atom. The van der Waals surface area contributed by atoms with Gasteiger partial charge in [0.2, 0.25) is 0 Å². The Kier molecular flexibility index (Phi) is 5.51. The number of pyridine rings is 1. The predicted molar refractivity (Wildman–Crippen MR) is 102 cm³/mol. The molecule has 3 rings (SSSR count). The molecule has 1 atom stereocenters. The quantitative estimate of drug-likeness (QED) is 0.813. The lowest BCUT2D eigenvalue weighted by atomic mass is 9.99. The van der Waals surface area contributed by atoms with Crippen LogP contribution in [-0.2, 0) is 0 Å². The molecular weight excluding hydrogens is 366 g/mol. The molecule has 5 heteroatoms. The number of carbonyl (C=O) groups is 1. The Labute approximate surface area is 151 Å². The highest BCUT2D eigenvalue weighted by atomic mass is 79.9. The molecule has 0 spiro atoms. The van der Waals surface area contributed by atoms with Gasteiger partial charge in [-0.05, 0) is 56.0 Å². The molecule has 0 radical (unpaired) electrons. The number of nitrogens with zero attached hydrogens (tertiary/aromatic N) is 2. The maximum Gasteiger partial charge on any atom is 0.274 e. The van der Waals surface area contributed by atoms with E-state index in [1.807, 2.05) is 42.6 Å². The highest BCUT2D eigenvalue weighted by Crippen LogP contribution is 2.26. The Balaban J connectivity index is 1.70. The SMILES string of the molecule is CCC1CCCCN1c1ccc(C(=O)Nc2cccc(Br)c2)nc1. The van der Waals surface area contributed by atoms with Crippen molar-refractivity contribution in [3.05, 3.63) is 52.8 Å². The summed E-state index contributed by atoms with van der Waals surface area (Å²) in [5.74, 6) is -0.190. The molecule has 1 saturated heterocycles. The van der Waals surface area contributed by atoms with Crippen molar-refractivity contribution in [1.82, 2.24) is 4.98 Å². The second kappa shape index (κ2) is 7.79. The van der Waals surface area contributed by atoms with Crippen LogP contribution in [0.5, 0.6) is 0 Å². The first-order valence-corrected chi connectivity index (χ1v) is 9.26. The van der Waals surface area contributed by atoms with E-state index in [0.717, 1.165) is 28.8 Å². The number of nitrogens with one attached hydrogen (secondary N) is 1. The van der Waals surface area contributed by atoms with Crippen LogP contribution in [0.25, 0.3) is 0 Å². The third-order valence-electron chi connectivity index (χ3n) is 4.49. The van der Waals surface area contributed by atoms with Crippen molar-refractivity contribution in [2.24, 2.45) is 0 Å². The van der Waals surface area contributed by atoms with Crippen molar-refractivity contribution >= 4 is 33.2 Å². The van der Waals surface area contributed by atoms with E-state index in [1.54, 1.807) is 0 Å². The van der Waals surface area contributed by atoms with Gasteiger partial charge in [-0.2, -0.15) is 0 Å². The first-order chi connectivity index (χ1) is 11.7. The number of halogens is 1. The highest BCUT2D eigenvalue weighted by molar-refractivity contribution is 9.10. The lowest BCUT2D eigenvalue weighted by Crippen LogP contribution is -2.39. The zero-order valence-corrected chi connectivity index (χ0v) is 15.4. The molecular formula is C19H22BrN3O. The number of anilines is 2. The van der Waals surface area contributed by atoms with Gasteiger partial charge in [-0.25, -0.2) is 4.98 Å². The summed E-state index contributed by atoms with van der Waals surface area (Å²) in [6.07, 6.45) is 6.73. The number of piperidine rings is 1. The molecule has 1 aromatic heterocycles. The molecule has 1 fully saturated rings. The summed E-state index contributed by atoms with van der Waals surface area (Å²) in [5, 5.41) is 2.87. The van der Waals surface area contributed by atoms with Crippen LogP contribution in [0.3, 0.4) is 0 Å². The average molecular weight is 388 g/mol. The van der Waals surface area contributed by atoms with E-state index in [-0.39, 0.29) is 5.91 Å². The summed E-state index contributed by atoms with van der Waals surface area (Å²) in [6.45, 7) is 3.31. The van der Waals surface area contributed by atoms with Crippen molar-refractivity contribution in [1.29, 1.82) is 0 Å². The zero-order valence-electron chi connectivity index (χ0n) is 13.8. The summed E-state index contributed by atoms with van der Waals surface area (Å²) in [6, 6.07) is 11.9. The van der Waals surface area contributed by atoms with Gasteiger partial charge in [-0.3, -0.25) is 4.79 Å². The van der Waals surface area contributed by atoms with Crippen LogP contribution in [0, 0.1) is 0 Å². The van der Waals surface area contributed by atoms with Crippen molar-refractivity contribution in [2.75, 3.05) is 16.8 Å². The normalized spacial score (nSPS) is 17.6. The van der Waals surface area contributed by atoms with Gasteiger partial charge < -0.3 is 10.2 Å². The van der Waals surface area contributed by atoms with E-state index in [2.05, 4.69) is 38.1 Å². The summed E-state index contributed by atoms with van der Waals surface area (Å²) in [4.78, 5) is 19.1. The number of amides is 1. The molecule has 1 aliphatic heterocycles. The zero-order chi connectivity index (χ0) is 16.9. The molecule has 0 bridgehead atoms. The van der Waals surface area contributed by atoms with Gasteiger partial charge in [-0.1, -0.05) is 28.9 Å². The van der Waals surface area contributed by atoms with Gasteiger partial charge in [0, 0.05) is 22.7 Å². The van der Waals surface area contributed by atoms with E-state index in [9.17, 15) is 4.79 Å². The lowest BCUT2D eigenvalue weighted by Gasteiger charge is -2.37. The fourth-order valence-electron chi connectivity index (χ4n) is 3.22. The minimum Gasteiger partial charge on any atom is -0.367 e. The first-order valence-electron chi connectivity index (χ1n) is 8.47. The lowest BCUT2D eigenvalue weighted by molar-refractivity contribution is 0.102. The van der Waals surface area contributed by atoms with Crippen LogP contribution in [0.1, 0.15) is 43.1 Å². The third-order valence-corrected chi connectivity index (χ3v) is 4.99. The van der Waals surface area contributed by atoms with E-state index in [1.165, 1.54) is 19.3 Å². The molecule has 24 heavy (non-hydrogen) atoms. The minimum atomic E-state index is -0.190. The van der Waals surface area contributed by atoms with Gasteiger partial charge in [0.1, 0.15) is 5.69 Å². The Bertz CT molecular complexity index is 702. The number of benzene rings is 1. The van der Waals surface area contributed by atoms with Crippen LogP contribution in [-0.4, -0.2) is 23.5 Å². The van der Waals surface area contributed by atoms with Crippen LogP contribution >= 0.6 is 15.9 Å². The molecule has 1 unspecified atom stereocenters. The average Bonchev–Trinajstić information content (AvgIpc) is 2.62. The monoisotopic (exact) mass is 387 g/mol. The summed E-state index contributed by atoms with van der Waals surface area (Å²) in [5.41, 5.74) is 2.30. The molecule has 0 aliphatic carbocycles. The molecule has 2 aromatic rings. The second-order valence-electron chi connectivity index (χ2n) is 6.12.